The monoisotopic (exact) mass is 403 g/mol. The lowest BCUT2D eigenvalue weighted by atomic mass is 9.97. The van der Waals surface area contributed by atoms with Gasteiger partial charge in [0.15, 0.2) is 0 Å². The van der Waals surface area contributed by atoms with Crippen LogP contribution in [-0.4, -0.2) is 45.4 Å². The number of carbonyl (C=O) groups excluding carboxylic acids is 1. The van der Waals surface area contributed by atoms with Crippen LogP contribution >= 0.6 is 0 Å². The highest BCUT2D eigenvalue weighted by molar-refractivity contribution is 6.00. The van der Waals surface area contributed by atoms with Gasteiger partial charge in [0, 0.05) is 31.5 Å². The summed E-state index contributed by atoms with van der Waals surface area (Å²) in [5.74, 6) is 0.160. The van der Waals surface area contributed by atoms with Crippen LogP contribution in [-0.2, 0) is 6.54 Å². The summed E-state index contributed by atoms with van der Waals surface area (Å²) in [6.07, 6.45) is 3.77. The molecule has 1 unspecified atom stereocenters. The Hall–Kier alpha value is -2.92. The zero-order valence-electron chi connectivity index (χ0n) is 17.7. The molecule has 1 N–H and O–H groups in total. The van der Waals surface area contributed by atoms with E-state index in [-0.39, 0.29) is 18.4 Å². The Bertz CT molecular complexity index is 1030. The fourth-order valence-electron chi connectivity index (χ4n) is 4.10. The molecule has 1 fully saturated rings. The van der Waals surface area contributed by atoms with Crippen LogP contribution in [0.4, 0.5) is 0 Å². The second kappa shape index (κ2) is 8.84. The minimum Gasteiger partial charge on any atom is -0.396 e. The van der Waals surface area contributed by atoms with Gasteiger partial charge >= 0.3 is 0 Å². The van der Waals surface area contributed by atoms with Gasteiger partial charge in [-0.15, -0.1) is 0 Å². The highest BCUT2D eigenvalue weighted by Crippen LogP contribution is 2.27. The SMILES string of the molecule is Cc1ccc(-c2nn(Cc3ccccc3)cc2C(=O)N2CCCC(CO)C2)cc1C. The molecular formula is C25H29N3O2. The van der Waals surface area contributed by atoms with E-state index in [9.17, 15) is 9.90 Å². The van der Waals surface area contributed by atoms with E-state index in [4.69, 9.17) is 5.10 Å². The van der Waals surface area contributed by atoms with Gasteiger partial charge in [-0.1, -0.05) is 42.5 Å². The molecule has 0 aliphatic carbocycles. The van der Waals surface area contributed by atoms with Gasteiger partial charge in [0.05, 0.1) is 12.1 Å². The minimum absolute atomic E-state index is 0.000639. The van der Waals surface area contributed by atoms with E-state index in [1.165, 1.54) is 11.1 Å². The van der Waals surface area contributed by atoms with Crippen LogP contribution in [0.25, 0.3) is 11.3 Å². The lowest BCUT2D eigenvalue weighted by Crippen LogP contribution is -2.41. The topological polar surface area (TPSA) is 58.4 Å². The van der Waals surface area contributed by atoms with Crippen LogP contribution in [0, 0.1) is 19.8 Å². The predicted octanol–water partition coefficient (Wildman–Crippen LogP) is 4.06. The number of aliphatic hydroxyl groups excluding tert-OH is 1. The lowest BCUT2D eigenvalue weighted by molar-refractivity contribution is 0.0621. The van der Waals surface area contributed by atoms with Crippen molar-refractivity contribution in [3.8, 4) is 11.3 Å². The van der Waals surface area contributed by atoms with Crippen molar-refractivity contribution in [1.29, 1.82) is 0 Å². The summed E-state index contributed by atoms with van der Waals surface area (Å²) in [5, 5.41) is 14.4. The number of rotatable bonds is 5. The molecule has 3 aromatic rings. The largest absolute Gasteiger partial charge is 0.396 e. The summed E-state index contributed by atoms with van der Waals surface area (Å²) in [6, 6.07) is 16.4. The van der Waals surface area contributed by atoms with Crippen LogP contribution < -0.4 is 0 Å². The first-order valence-corrected chi connectivity index (χ1v) is 10.6. The van der Waals surface area contributed by atoms with Gasteiger partial charge in [0.25, 0.3) is 5.91 Å². The Labute approximate surface area is 178 Å². The summed E-state index contributed by atoms with van der Waals surface area (Å²) in [5.41, 5.74) is 5.87. The Morgan fingerprint density at radius 1 is 1.13 bits per heavy atom. The maximum atomic E-state index is 13.5. The van der Waals surface area contributed by atoms with Crippen molar-refractivity contribution < 1.29 is 9.90 Å². The molecule has 1 amide bonds. The summed E-state index contributed by atoms with van der Waals surface area (Å²) in [6.45, 7) is 6.24. The molecular weight excluding hydrogens is 374 g/mol. The van der Waals surface area contributed by atoms with Crippen molar-refractivity contribution in [2.24, 2.45) is 5.92 Å². The van der Waals surface area contributed by atoms with Crippen molar-refractivity contribution in [2.45, 2.75) is 33.2 Å². The lowest BCUT2D eigenvalue weighted by Gasteiger charge is -2.31. The van der Waals surface area contributed by atoms with E-state index < -0.39 is 0 Å². The van der Waals surface area contributed by atoms with Crippen molar-refractivity contribution in [3.63, 3.8) is 0 Å². The first-order valence-electron chi connectivity index (χ1n) is 10.6. The fraction of sp³-hybridized carbons (Fsp3) is 0.360. The van der Waals surface area contributed by atoms with E-state index in [0.29, 0.717) is 18.7 Å². The van der Waals surface area contributed by atoms with Crippen molar-refractivity contribution in [2.75, 3.05) is 19.7 Å². The first-order chi connectivity index (χ1) is 14.5. The van der Waals surface area contributed by atoms with Gasteiger partial charge in [-0.3, -0.25) is 9.48 Å². The minimum atomic E-state index is 0.000639. The number of aliphatic hydroxyl groups is 1. The molecule has 0 bridgehead atoms. The standard InChI is InChI=1S/C25H29N3O2/c1-18-10-11-22(13-19(18)2)24-23(25(30)27-12-6-9-21(14-27)17-29)16-28(26-24)15-20-7-4-3-5-8-20/h3-5,7-8,10-11,13,16,21,29H,6,9,12,14-15,17H2,1-2H3. The number of aromatic nitrogens is 2. The summed E-state index contributed by atoms with van der Waals surface area (Å²) < 4.78 is 1.86. The van der Waals surface area contributed by atoms with E-state index >= 15 is 0 Å². The number of likely N-dealkylation sites (tertiary alicyclic amines) is 1. The normalized spacial score (nSPS) is 16.6. The third-order valence-corrected chi connectivity index (χ3v) is 6.02. The molecule has 1 saturated heterocycles. The van der Waals surface area contributed by atoms with Crippen LogP contribution in [0.5, 0.6) is 0 Å². The van der Waals surface area contributed by atoms with Crippen molar-refractivity contribution in [3.05, 3.63) is 77.0 Å². The molecule has 0 radical (unpaired) electrons. The second-order valence-corrected chi connectivity index (χ2v) is 8.32. The highest BCUT2D eigenvalue weighted by Gasteiger charge is 2.27. The molecule has 2 heterocycles. The van der Waals surface area contributed by atoms with Crippen LogP contribution in [0.15, 0.2) is 54.7 Å². The van der Waals surface area contributed by atoms with Gasteiger partial charge in [-0.2, -0.15) is 5.10 Å². The molecule has 0 spiro atoms. The number of benzene rings is 2. The second-order valence-electron chi connectivity index (χ2n) is 8.32. The zero-order chi connectivity index (χ0) is 21.1. The summed E-state index contributed by atoms with van der Waals surface area (Å²) in [4.78, 5) is 15.3. The van der Waals surface area contributed by atoms with E-state index in [1.807, 2.05) is 40.0 Å². The third kappa shape index (κ3) is 4.31. The molecule has 0 saturated carbocycles. The molecule has 5 nitrogen and oxygen atoms in total. The number of amides is 1. The molecule has 1 aromatic heterocycles. The van der Waals surface area contributed by atoms with Gasteiger partial charge in [0.2, 0.25) is 0 Å². The van der Waals surface area contributed by atoms with E-state index in [0.717, 1.165) is 36.2 Å². The quantitative estimate of drug-likeness (QED) is 0.699. The van der Waals surface area contributed by atoms with Gasteiger partial charge in [-0.05, 0) is 55.4 Å². The van der Waals surface area contributed by atoms with Crippen molar-refractivity contribution in [1.82, 2.24) is 14.7 Å². The molecule has 1 aliphatic heterocycles. The molecule has 2 aromatic carbocycles. The predicted molar refractivity (Wildman–Crippen MR) is 118 cm³/mol. The van der Waals surface area contributed by atoms with Gasteiger partial charge in [0.1, 0.15) is 5.69 Å². The number of hydrogen-bond donors (Lipinski definition) is 1. The number of nitrogens with zero attached hydrogens (tertiary/aromatic N) is 3. The maximum absolute atomic E-state index is 13.5. The van der Waals surface area contributed by atoms with Crippen LogP contribution in [0.2, 0.25) is 0 Å². The number of carbonyl (C=O) groups is 1. The highest BCUT2D eigenvalue weighted by atomic mass is 16.3. The van der Waals surface area contributed by atoms with Crippen LogP contribution in [0.1, 0.15) is 39.9 Å². The van der Waals surface area contributed by atoms with Crippen molar-refractivity contribution >= 4 is 5.91 Å². The average molecular weight is 404 g/mol. The molecule has 4 rings (SSSR count). The number of piperidine rings is 1. The number of aryl methyl sites for hydroxylation is 2. The fourth-order valence-corrected chi connectivity index (χ4v) is 4.10. The summed E-state index contributed by atoms with van der Waals surface area (Å²) in [7, 11) is 0. The Kier molecular flexibility index (Phi) is 6.00. The average Bonchev–Trinajstić information content (AvgIpc) is 3.19. The Morgan fingerprint density at radius 2 is 1.93 bits per heavy atom. The molecule has 1 aliphatic rings. The Morgan fingerprint density at radius 3 is 2.67 bits per heavy atom. The summed E-state index contributed by atoms with van der Waals surface area (Å²) >= 11 is 0. The first kappa shape index (κ1) is 20.4. The van der Waals surface area contributed by atoms with Crippen LogP contribution in [0.3, 0.4) is 0 Å². The maximum Gasteiger partial charge on any atom is 0.257 e. The van der Waals surface area contributed by atoms with Gasteiger partial charge < -0.3 is 10.0 Å². The Balaban J connectivity index is 1.71. The van der Waals surface area contributed by atoms with E-state index in [2.05, 4.69) is 38.1 Å². The van der Waals surface area contributed by atoms with Gasteiger partial charge in [-0.25, -0.2) is 0 Å². The smallest absolute Gasteiger partial charge is 0.257 e. The molecule has 1 atom stereocenters. The third-order valence-electron chi connectivity index (χ3n) is 6.02. The van der Waals surface area contributed by atoms with E-state index in [1.54, 1.807) is 0 Å². The zero-order valence-corrected chi connectivity index (χ0v) is 17.7. The molecule has 30 heavy (non-hydrogen) atoms. The molecule has 5 heteroatoms. The molecule has 156 valence electrons. The number of hydrogen-bond acceptors (Lipinski definition) is 3.